The number of hydrogen-bond donors (Lipinski definition) is 2. The number of nitrogens with one attached hydrogen (secondary N) is 1. The number of aliphatic hydroxyl groups excluding tert-OH is 1. The van der Waals surface area contributed by atoms with Crippen molar-refractivity contribution in [3.63, 3.8) is 0 Å². The second-order valence-electron chi connectivity index (χ2n) is 4.75. The molecule has 2 atom stereocenters. The minimum absolute atomic E-state index is 0.0685. The highest BCUT2D eigenvalue weighted by Gasteiger charge is 2.38. The highest BCUT2D eigenvalue weighted by atomic mass is 32.2. The average molecular weight is 282 g/mol. The highest BCUT2D eigenvalue weighted by molar-refractivity contribution is 7.91. The fourth-order valence-electron chi connectivity index (χ4n) is 2.42. The van der Waals surface area contributed by atoms with Crippen molar-refractivity contribution in [1.82, 2.24) is 19.5 Å². The average Bonchev–Trinajstić information content (AvgIpc) is 2.97. The smallest absolute Gasteiger partial charge is 0.160 e. The molecule has 1 saturated heterocycles. The molecule has 1 fully saturated rings. The topological polar surface area (TPSA) is 101 Å². The lowest BCUT2D eigenvalue weighted by Gasteiger charge is -2.16. The molecule has 0 spiro atoms. The van der Waals surface area contributed by atoms with E-state index in [1.807, 2.05) is 6.92 Å². The van der Waals surface area contributed by atoms with Gasteiger partial charge in [0.1, 0.15) is 5.69 Å². The highest BCUT2D eigenvalue weighted by Crippen LogP contribution is 2.29. The molecule has 0 saturated carbocycles. The summed E-state index contributed by atoms with van der Waals surface area (Å²) in [6.07, 6.45) is 3.92. The molecule has 1 aliphatic rings. The molecule has 0 aromatic carbocycles. The zero-order valence-electron chi connectivity index (χ0n) is 10.3. The van der Waals surface area contributed by atoms with Gasteiger partial charge in [-0.1, -0.05) is 0 Å². The van der Waals surface area contributed by atoms with Gasteiger partial charge < -0.3 is 14.7 Å². The van der Waals surface area contributed by atoms with Crippen LogP contribution in [0, 0.1) is 6.92 Å². The molecule has 2 aromatic rings. The van der Waals surface area contributed by atoms with Crippen LogP contribution in [0.2, 0.25) is 0 Å². The maximum Gasteiger partial charge on any atom is 0.160 e. The lowest BCUT2D eigenvalue weighted by atomic mass is 10.2. The van der Waals surface area contributed by atoms with Gasteiger partial charge in [0.2, 0.25) is 0 Å². The van der Waals surface area contributed by atoms with Gasteiger partial charge in [-0.05, 0) is 6.92 Å². The number of H-pyrrole nitrogens is 1. The van der Waals surface area contributed by atoms with Crippen LogP contribution in [0.4, 0.5) is 0 Å². The van der Waals surface area contributed by atoms with Gasteiger partial charge in [0, 0.05) is 18.1 Å². The van der Waals surface area contributed by atoms with E-state index < -0.39 is 22.0 Å². The molecule has 102 valence electrons. The van der Waals surface area contributed by atoms with E-state index in [9.17, 15) is 13.5 Å². The maximum atomic E-state index is 11.6. The molecule has 0 unspecified atom stereocenters. The van der Waals surface area contributed by atoms with Gasteiger partial charge in [-0.3, -0.25) is 0 Å². The molecule has 2 N–H and O–H groups in total. The van der Waals surface area contributed by atoms with Crippen LogP contribution in [0.15, 0.2) is 18.7 Å². The Morgan fingerprint density at radius 2 is 2.21 bits per heavy atom. The van der Waals surface area contributed by atoms with Gasteiger partial charge >= 0.3 is 0 Å². The molecule has 1 aliphatic heterocycles. The van der Waals surface area contributed by atoms with Crippen LogP contribution in [-0.4, -0.2) is 50.7 Å². The molecule has 7 nitrogen and oxygen atoms in total. The maximum absolute atomic E-state index is 11.6. The first kappa shape index (κ1) is 12.4. The first-order valence-electron chi connectivity index (χ1n) is 5.89. The number of sulfone groups is 1. The first-order chi connectivity index (χ1) is 8.98. The van der Waals surface area contributed by atoms with Crippen molar-refractivity contribution >= 4 is 9.84 Å². The molecular weight excluding hydrogens is 268 g/mol. The SMILES string of the molecule is Cc1[nH]cnc1-c1nccn1[C@@H]1CS(=O)(=O)C[C@H]1O. The van der Waals surface area contributed by atoms with E-state index in [1.165, 1.54) is 0 Å². The number of aromatic nitrogens is 4. The fraction of sp³-hybridized carbons (Fsp3) is 0.455. The van der Waals surface area contributed by atoms with Gasteiger partial charge in [0.05, 0.1) is 30.0 Å². The number of hydrogen-bond acceptors (Lipinski definition) is 5. The summed E-state index contributed by atoms with van der Waals surface area (Å²) in [5.41, 5.74) is 1.52. The van der Waals surface area contributed by atoms with Crippen molar-refractivity contribution in [3.05, 3.63) is 24.4 Å². The summed E-state index contributed by atoms with van der Waals surface area (Å²) in [6, 6.07) is -0.501. The summed E-state index contributed by atoms with van der Waals surface area (Å²) >= 11 is 0. The summed E-state index contributed by atoms with van der Waals surface area (Å²) in [6.45, 7) is 1.86. The normalized spacial score (nSPS) is 25.8. The second-order valence-corrected chi connectivity index (χ2v) is 6.90. The molecule has 0 aliphatic carbocycles. The molecule has 0 radical (unpaired) electrons. The first-order valence-corrected chi connectivity index (χ1v) is 7.72. The number of aromatic amines is 1. The minimum Gasteiger partial charge on any atom is -0.390 e. The van der Waals surface area contributed by atoms with E-state index in [0.717, 1.165) is 5.69 Å². The summed E-state index contributed by atoms with van der Waals surface area (Å²) in [5.74, 6) is 0.301. The Balaban J connectivity index is 2.04. The number of imidazole rings is 2. The fourth-order valence-corrected chi connectivity index (χ4v) is 4.21. The predicted molar refractivity (Wildman–Crippen MR) is 68.2 cm³/mol. The van der Waals surface area contributed by atoms with Crippen molar-refractivity contribution in [1.29, 1.82) is 0 Å². The molecule has 2 aromatic heterocycles. The van der Waals surface area contributed by atoms with Crippen LogP contribution in [-0.2, 0) is 9.84 Å². The van der Waals surface area contributed by atoms with E-state index in [-0.39, 0.29) is 11.5 Å². The Kier molecular flexibility index (Phi) is 2.72. The molecule has 3 heterocycles. The van der Waals surface area contributed by atoms with E-state index in [0.29, 0.717) is 11.5 Å². The van der Waals surface area contributed by atoms with Crippen LogP contribution in [0.5, 0.6) is 0 Å². The molecular formula is C11H14N4O3S. The van der Waals surface area contributed by atoms with E-state index in [1.54, 1.807) is 23.3 Å². The van der Waals surface area contributed by atoms with Crippen molar-refractivity contribution in [2.45, 2.75) is 19.1 Å². The Bertz CT molecular complexity index is 703. The van der Waals surface area contributed by atoms with Gasteiger partial charge in [-0.15, -0.1) is 0 Å². The van der Waals surface area contributed by atoms with Crippen molar-refractivity contribution in [2.24, 2.45) is 0 Å². The third-order valence-electron chi connectivity index (χ3n) is 3.36. The van der Waals surface area contributed by atoms with Crippen LogP contribution in [0.1, 0.15) is 11.7 Å². The van der Waals surface area contributed by atoms with Gasteiger partial charge in [-0.25, -0.2) is 18.4 Å². The zero-order chi connectivity index (χ0) is 13.6. The van der Waals surface area contributed by atoms with Crippen molar-refractivity contribution in [2.75, 3.05) is 11.5 Å². The standard InChI is InChI=1S/C11H14N4O3S/c1-7-10(14-6-13-7)11-12-2-3-15(11)8-4-19(17,18)5-9(8)16/h2-3,6,8-9,16H,4-5H2,1H3,(H,13,14)/t8-,9-/m1/s1. The van der Waals surface area contributed by atoms with Crippen LogP contribution in [0.3, 0.4) is 0 Å². The number of rotatable bonds is 2. The minimum atomic E-state index is -3.19. The third kappa shape index (κ3) is 2.06. The van der Waals surface area contributed by atoms with Gasteiger partial charge in [0.15, 0.2) is 15.7 Å². The lowest BCUT2D eigenvalue weighted by molar-refractivity contribution is 0.154. The molecule has 0 amide bonds. The van der Waals surface area contributed by atoms with Crippen molar-refractivity contribution in [3.8, 4) is 11.5 Å². The summed E-state index contributed by atoms with van der Waals surface area (Å²) in [5, 5.41) is 9.93. The third-order valence-corrected chi connectivity index (χ3v) is 5.06. The lowest BCUT2D eigenvalue weighted by Crippen LogP contribution is -2.22. The summed E-state index contributed by atoms with van der Waals surface area (Å²) in [7, 11) is -3.19. The van der Waals surface area contributed by atoms with Crippen LogP contribution in [0.25, 0.3) is 11.5 Å². The predicted octanol–water partition coefficient (Wildman–Crippen LogP) is -0.0880. The quantitative estimate of drug-likeness (QED) is 0.802. The second kappa shape index (κ2) is 4.17. The largest absolute Gasteiger partial charge is 0.390 e. The Morgan fingerprint density at radius 1 is 1.42 bits per heavy atom. The van der Waals surface area contributed by atoms with Crippen LogP contribution >= 0.6 is 0 Å². The Hall–Kier alpha value is -1.67. The number of aryl methyl sites for hydroxylation is 1. The Morgan fingerprint density at radius 3 is 2.79 bits per heavy atom. The van der Waals surface area contributed by atoms with Gasteiger partial charge in [0.25, 0.3) is 0 Å². The van der Waals surface area contributed by atoms with Crippen molar-refractivity contribution < 1.29 is 13.5 Å². The summed E-state index contributed by atoms with van der Waals surface area (Å²) < 4.78 is 24.9. The molecule has 3 rings (SSSR count). The number of aliphatic hydroxyl groups is 1. The van der Waals surface area contributed by atoms with E-state index in [4.69, 9.17) is 0 Å². The van der Waals surface area contributed by atoms with E-state index >= 15 is 0 Å². The monoisotopic (exact) mass is 282 g/mol. The van der Waals surface area contributed by atoms with Gasteiger partial charge in [-0.2, -0.15) is 0 Å². The molecule has 8 heteroatoms. The zero-order valence-corrected chi connectivity index (χ0v) is 11.1. The molecule has 0 bridgehead atoms. The van der Waals surface area contributed by atoms with Crippen LogP contribution < -0.4 is 0 Å². The molecule has 19 heavy (non-hydrogen) atoms. The number of nitrogens with zero attached hydrogens (tertiary/aromatic N) is 3. The Labute approximate surface area is 110 Å². The summed E-state index contributed by atoms with van der Waals surface area (Å²) in [4.78, 5) is 11.4. The van der Waals surface area contributed by atoms with E-state index in [2.05, 4.69) is 15.0 Å².